The molecule has 2 atom stereocenters. The highest BCUT2D eigenvalue weighted by Gasteiger charge is 2.27. The van der Waals surface area contributed by atoms with Crippen molar-refractivity contribution in [3.8, 4) is 17.6 Å². The highest BCUT2D eigenvalue weighted by Crippen LogP contribution is 2.32. The van der Waals surface area contributed by atoms with Crippen LogP contribution in [-0.2, 0) is 29.1 Å². The Morgan fingerprint density at radius 3 is 2.76 bits per heavy atom. The van der Waals surface area contributed by atoms with Crippen LogP contribution in [0.4, 0.5) is 5.69 Å². The van der Waals surface area contributed by atoms with Crippen molar-refractivity contribution < 1.29 is 18.9 Å². The number of para-hydroxylation sites is 1. The summed E-state index contributed by atoms with van der Waals surface area (Å²) in [4.78, 5) is 2.19. The lowest BCUT2D eigenvalue weighted by Crippen LogP contribution is -2.41. The van der Waals surface area contributed by atoms with Crippen LogP contribution < -0.4 is 19.7 Å². The zero-order valence-corrected chi connectivity index (χ0v) is 24.0. The molecule has 1 N–H and O–H groups in total. The molecule has 0 spiro atoms. The van der Waals surface area contributed by atoms with Gasteiger partial charge in [0.25, 0.3) is 0 Å². The van der Waals surface area contributed by atoms with Gasteiger partial charge in [0.15, 0.2) is 0 Å². The predicted molar refractivity (Wildman–Crippen MR) is 161 cm³/mol. The van der Waals surface area contributed by atoms with Crippen molar-refractivity contribution in [1.29, 1.82) is 5.26 Å². The maximum Gasteiger partial charge on any atom is 0.124 e. The van der Waals surface area contributed by atoms with E-state index < -0.39 is 0 Å². The third-order valence-corrected chi connectivity index (χ3v) is 7.98. The van der Waals surface area contributed by atoms with Crippen molar-refractivity contribution in [3.63, 3.8) is 0 Å². The number of benzene rings is 3. The molecule has 2 aliphatic rings. The Bertz CT molecular complexity index is 1290. The first kappa shape index (κ1) is 28.9. The maximum atomic E-state index is 9.23. The van der Waals surface area contributed by atoms with E-state index in [9.17, 15) is 5.26 Å². The van der Waals surface area contributed by atoms with Crippen molar-refractivity contribution in [1.82, 2.24) is 5.32 Å². The van der Waals surface area contributed by atoms with Crippen molar-refractivity contribution in [2.24, 2.45) is 0 Å². The van der Waals surface area contributed by atoms with Gasteiger partial charge in [-0.2, -0.15) is 5.26 Å². The van der Waals surface area contributed by atoms with Crippen LogP contribution in [0.2, 0.25) is 0 Å². The van der Waals surface area contributed by atoms with Gasteiger partial charge in [0, 0.05) is 36.7 Å². The molecular formula is C34H41N3O4. The first-order chi connectivity index (χ1) is 20.2. The molecule has 0 radical (unpaired) electrons. The minimum atomic E-state index is 0.0992. The monoisotopic (exact) mass is 555 g/mol. The molecule has 2 heterocycles. The fourth-order valence-electron chi connectivity index (χ4n) is 5.79. The number of aryl methyl sites for hydroxylation is 1. The van der Waals surface area contributed by atoms with Crippen LogP contribution in [-0.4, -0.2) is 52.6 Å². The molecule has 5 rings (SSSR count). The average Bonchev–Trinajstić information content (AvgIpc) is 3.02. The van der Waals surface area contributed by atoms with Gasteiger partial charge in [-0.05, 0) is 66.8 Å². The number of ether oxygens (including phenoxy) is 4. The molecule has 0 bridgehead atoms. The van der Waals surface area contributed by atoms with Gasteiger partial charge in [0.2, 0.25) is 0 Å². The SMILES string of the molecule is COc1ccccc1COCCCOc1ccc([C@H]2CCNC[C@@H]2OCc2ccc3c(c2)N(CC#N)CCC3)cc1. The molecule has 7 heteroatoms. The van der Waals surface area contributed by atoms with Gasteiger partial charge in [-0.25, -0.2) is 0 Å². The lowest BCUT2D eigenvalue weighted by Gasteiger charge is -2.33. The quantitative estimate of drug-likeness (QED) is 0.217. The van der Waals surface area contributed by atoms with E-state index in [-0.39, 0.29) is 6.10 Å². The van der Waals surface area contributed by atoms with Crippen LogP contribution in [0, 0.1) is 11.3 Å². The van der Waals surface area contributed by atoms with Gasteiger partial charge in [-0.1, -0.05) is 42.5 Å². The van der Waals surface area contributed by atoms with Gasteiger partial charge in [-0.15, -0.1) is 0 Å². The van der Waals surface area contributed by atoms with Crippen molar-refractivity contribution in [2.75, 3.05) is 51.4 Å². The normalized spacial score (nSPS) is 18.4. The van der Waals surface area contributed by atoms with E-state index >= 15 is 0 Å². The van der Waals surface area contributed by atoms with Crippen molar-refractivity contribution in [2.45, 2.75) is 50.9 Å². The first-order valence-corrected chi connectivity index (χ1v) is 14.7. The molecule has 0 unspecified atom stereocenters. The second kappa shape index (κ2) is 14.9. The van der Waals surface area contributed by atoms with Crippen molar-refractivity contribution in [3.05, 3.63) is 89.0 Å². The fourth-order valence-corrected chi connectivity index (χ4v) is 5.79. The molecule has 3 aromatic carbocycles. The average molecular weight is 556 g/mol. The number of hydrogen-bond donors (Lipinski definition) is 1. The van der Waals surface area contributed by atoms with E-state index in [0.29, 0.717) is 38.9 Å². The summed E-state index contributed by atoms with van der Waals surface area (Å²) in [7, 11) is 1.68. The Kier molecular flexibility index (Phi) is 10.5. The number of nitriles is 1. The first-order valence-electron chi connectivity index (χ1n) is 14.7. The Labute approximate surface area is 244 Å². The third-order valence-electron chi connectivity index (χ3n) is 7.98. The number of rotatable bonds is 13. The summed E-state index contributed by atoms with van der Waals surface area (Å²) in [6.45, 7) is 5.53. The molecule has 0 saturated carbocycles. The van der Waals surface area contributed by atoms with Gasteiger partial charge in [0.1, 0.15) is 18.0 Å². The van der Waals surface area contributed by atoms with E-state index in [1.165, 1.54) is 16.8 Å². The fraction of sp³-hybridized carbons (Fsp3) is 0.441. The molecule has 0 aromatic heterocycles. The Balaban J connectivity index is 1.09. The zero-order valence-electron chi connectivity index (χ0n) is 24.0. The minimum Gasteiger partial charge on any atom is -0.496 e. The number of nitrogens with one attached hydrogen (secondary N) is 1. The molecule has 7 nitrogen and oxygen atoms in total. The summed E-state index contributed by atoms with van der Waals surface area (Å²) >= 11 is 0. The molecule has 0 amide bonds. The van der Waals surface area contributed by atoms with Gasteiger partial charge in [0.05, 0.1) is 45.7 Å². The number of piperidine rings is 1. The number of hydrogen-bond acceptors (Lipinski definition) is 7. The lowest BCUT2D eigenvalue weighted by molar-refractivity contribution is 0.0106. The molecule has 216 valence electrons. The third kappa shape index (κ3) is 7.80. The largest absolute Gasteiger partial charge is 0.496 e. The van der Waals surface area contributed by atoms with E-state index in [1.54, 1.807) is 7.11 Å². The van der Waals surface area contributed by atoms with Gasteiger partial charge < -0.3 is 29.2 Å². The van der Waals surface area contributed by atoms with E-state index in [1.807, 2.05) is 24.3 Å². The molecule has 1 saturated heterocycles. The molecule has 0 aliphatic carbocycles. The van der Waals surface area contributed by atoms with E-state index in [4.69, 9.17) is 18.9 Å². The zero-order chi connectivity index (χ0) is 28.3. The Morgan fingerprint density at radius 2 is 1.90 bits per heavy atom. The summed E-state index contributed by atoms with van der Waals surface area (Å²) in [5.41, 5.74) is 6.02. The topological polar surface area (TPSA) is 76.0 Å². The highest BCUT2D eigenvalue weighted by molar-refractivity contribution is 5.57. The van der Waals surface area contributed by atoms with E-state index in [2.05, 4.69) is 58.8 Å². The number of nitrogens with zero attached hydrogens (tertiary/aromatic N) is 2. The van der Waals surface area contributed by atoms with E-state index in [0.717, 1.165) is 67.9 Å². The standard InChI is InChI=1S/C34H41N3O4/c1-38-33-8-3-2-6-29(33)25-39-20-5-21-40-30-13-11-27(12-14-30)31-15-17-36-23-34(31)41-24-26-9-10-28-7-4-18-37(19-16-35)32(28)22-26/h2-3,6,8-14,22,31,34,36H,4-5,7,15,17-21,23-25H2,1H3/t31-,34+/m1/s1. The Morgan fingerprint density at radius 1 is 1.02 bits per heavy atom. The highest BCUT2D eigenvalue weighted by atomic mass is 16.5. The summed E-state index contributed by atoms with van der Waals surface area (Å²) in [5, 5.41) is 12.7. The van der Waals surface area contributed by atoms with Gasteiger partial charge in [-0.3, -0.25) is 0 Å². The molecule has 3 aromatic rings. The van der Waals surface area contributed by atoms with Crippen LogP contribution in [0.1, 0.15) is 47.4 Å². The smallest absolute Gasteiger partial charge is 0.124 e. The van der Waals surface area contributed by atoms with Crippen molar-refractivity contribution >= 4 is 5.69 Å². The molecular weight excluding hydrogens is 514 g/mol. The summed E-state index contributed by atoms with van der Waals surface area (Å²) < 4.78 is 23.7. The molecule has 41 heavy (non-hydrogen) atoms. The van der Waals surface area contributed by atoms with Gasteiger partial charge >= 0.3 is 0 Å². The summed E-state index contributed by atoms with van der Waals surface area (Å²) in [6.07, 6.45) is 4.13. The number of anilines is 1. The van der Waals surface area contributed by atoms with Crippen LogP contribution in [0.25, 0.3) is 0 Å². The second-order valence-corrected chi connectivity index (χ2v) is 10.7. The van der Waals surface area contributed by atoms with Crippen LogP contribution >= 0.6 is 0 Å². The minimum absolute atomic E-state index is 0.0992. The number of methoxy groups -OCH3 is 1. The molecule has 2 aliphatic heterocycles. The van der Waals surface area contributed by atoms with Crippen LogP contribution in [0.5, 0.6) is 11.5 Å². The van der Waals surface area contributed by atoms with Crippen LogP contribution in [0.15, 0.2) is 66.7 Å². The summed E-state index contributed by atoms with van der Waals surface area (Å²) in [6, 6.07) is 25.3. The predicted octanol–water partition coefficient (Wildman–Crippen LogP) is 5.62. The second-order valence-electron chi connectivity index (χ2n) is 10.7. The number of fused-ring (bicyclic) bond motifs is 1. The summed E-state index contributed by atoms with van der Waals surface area (Å²) in [5.74, 6) is 2.06. The molecule has 1 fully saturated rings. The Hall–Kier alpha value is -3.57. The lowest BCUT2D eigenvalue weighted by atomic mass is 9.87. The van der Waals surface area contributed by atoms with Crippen LogP contribution in [0.3, 0.4) is 0 Å². The maximum absolute atomic E-state index is 9.23.